The van der Waals surface area contributed by atoms with Crippen LogP contribution in [0, 0.1) is 0 Å². The zero-order chi connectivity index (χ0) is 30.9. The maximum atomic E-state index is 16.0. The van der Waals surface area contributed by atoms with Crippen LogP contribution in [0.5, 0.6) is 5.75 Å². The third-order valence-corrected chi connectivity index (χ3v) is 8.36. The summed E-state index contributed by atoms with van der Waals surface area (Å²) in [6.07, 6.45) is -1.99. The number of benzene rings is 2. The minimum Gasteiger partial charge on any atom is -0.462 e. The highest BCUT2D eigenvalue weighted by molar-refractivity contribution is 7.36. The lowest BCUT2D eigenvalue weighted by molar-refractivity contribution is -0.158. The van der Waals surface area contributed by atoms with Crippen molar-refractivity contribution in [2.45, 2.75) is 63.9 Å². The number of alkyl halides is 1. The molecule has 1 fully saturated rings. The molecule has 230 valence electrons. The molecule has 3 heterocycles. The Kier molecular flexibility index (Phi) is 8.95. The number of halogens is 1. The van der Waals surface area contributed by atoms with Crippen LogP contribution in [-0.4, -0.2) is 79.1 Å². The van der Waals surface area contributed by atoms with Gasteiger partial charge in [0.15, 0.2) is 29.1 Å². The van der Waals surface area contributed by atoms with Crippen molar-refractivity contribution in [3.63, 3.8) is 0 Å². The summed E-state index contributed by atoms with van der Waals surface area (Å²) in [7, 11) is -1.67. The molecular weight excluding hydrogens is 582 g/mol. The number of imidazole rings is 1. The highest BCUT2D eigenvalue weighted by Gasteiger charge is 2.55. The fourth-order valence-electron chi connectivity index (χ4n) is 4.86. The van der Waals surface area contributed by atoms with E-state index in [-0.39, 0.29) is 0 Å². The maximum absolute atomic E-state index is 16.0. The lowest BCUT2D eigenvalue weighted by atomic mass is 9.98. The molecule has 0 radical (unpaired) electrons. The number of anilines is 1. The molecule has 13 nitrogen and oxygen atoms in total. The first kappa shape index (κ1) is 30.8. The molecule has 0 amide bonds. The van der Waals surface area contributed by atoms with Gasteiger partial charge in [0, 0.05) is 12.4 Å². The number of hydrogen-bond donors (Lipinski definition) is 2. The van der Waals surface area contributed by atoms with Crippen molar-refractivity contribution < 1.29 is 37.7 Å². The first-order valence-electron chi connectivity index (χ1n) is 13.7. The average Bonchev–Trinajstić information content (AvgIpc) is 3.51. The molecule has 6 atom stereocenters. The van der Waals surface area contributed by atoms with Crippen LogP contribution < -0.4 is 10.2 Å². The zero-order valence-corrected chi connectivity index (χ0v) is 25.3. The van der Waals surface area contributed by atoms with Crippen molar-refractivity contribution in [3.05, 3.63) is 55.1 Å². The average molecular weight is 617 g/mol. The van der Waals surface area contributed by atoms with E-state index < -0.39 is 57.0 Å². The molecule has 4 aromatic rings. The number of aliphatic hydroxyl groups is 1. The Bertz CT molecular complexity index is 1630. The van der Waals surface area contributed by atoms with Gasteiger partial charge in [-0.05, 0) is 39.1 Å². The number of nitrogens with zero attached hydrogens (tertiary/aromatic N) is 5. The maximum Gasteiger partial charge on any atom is 0.327 e. The number of hydroxylamine groups is 1. The van der Waals surface area contributed by atoms with E-state index in [0.29, 0.717) is 22.7 Å². The van der Waals surface area contributed by atoms with Crippen LogP contribution in [0.4, 0.5) is 10.2 Å². The minimum absolute atomic E-state index is 0.294. The van der Waals surface area contributed by atoms with Gasteiger partial charge in [-0.2, -0.15) is 0 Å². The number of ether oxygens (including phenoxy) is 2. The molecule has 43 heavy (non-hydrogen) atoms. The molecule has 2 aromatic carbocycles. The van der Waals surface area contributed by atoms with Crippen LogP contribution in [-0.2, 0) is 23.4 Å². The molecule has 0 spiro atoms. The smallest absolute Gasteiger partial charge is 0.327 e. The first-order valence-corrected chi connectivity index (χ1v) is 15.0. The van der Waals surface area contributed by atoms with Gasteiger partial charge in [-0.1, -0.05) is 41.2 Å². The predicted octanol–water partition coefficient (Wildman–Crippen LogP) is 4.05. The van der Waals surface area contributed by atoms with Crippen LogP contribution in [0.2, 0.25) is 0 Å². The van der Waals surface area contributed by atoms with E-state index in [0.717, 1.165) is 15.6 Å². The largest absolute Gasteiger partial charge is 0.462 e. The Morgan fingerprint density at radius 1 is 1.21 bits per heavy atom. The topological polar surface area (TPSA) is 150 Å². The van der Waals surface area contributed by atoms with Crippen LogP contribution in [0.1, 0.15) is 33.9 Å². The van der Waals surface area contributed by atoms with E-state index in [2.05, 4.69) is 20.3 Å². The van der Waals surface area contributed by atoms with Crippen LogP contribution in [0.25, 0.3) is 21.9 Å². The molecule has 1 aliphatic rings. The van der Waals surface area contributed by atoms with Gasteiger partial charge in [0.05, 0.1) is 19.0 Å². The van der Waals surface area contributed by atoms with E-state index in [9.17, 15) is 14.5 Å². The summed E-state index contributed by atoms with van der Waals surface area (Å²) in [4.78, 5) is 32.3. The number of esters is 1. The van der Waals surface area contributed by atoms with Crippen molar-refractivity contribution in [2.24, 2.45) is 0 Å². The highest BCUT2D eigenvalue weighted by atomic mass is 31.1. The van der Waals surface area contributed by atoms with Gasteiger partial charge in [0.1, 0.15) is 30.1 Å². The molecule has 0 aliphatic carbocycles. The van der Waals surface area contributed by atoms with Gasteiger partial charge in [-0.15, -0.1) is 0 Å². The molecule has 0 saturated carbocycles. The molecular formula is C28H34FN6O7P. The lowest BCUT2D eigenvalue weighted by Gasteiger charge is -2.27. The summed E-state index contributed by atoms with van der Waals surface area (Å²) in [6, 6.07) is 11.6. The van der Waals surface area contributed by atoms with Crippen LogP contribution in [0.3, 0.4) is 0 Å². The lowest BCUT2D eigenvalue weighted by Crippen LogP contribution is -2.41. The molecule has 5 rings (SSSR count). The fourth-order valence-corrected chi connectivity index (χ4v) is 5.88. The number of hydrogen-bond acceptors (Lipinski definition) is 11. The van der Waals surface area contributed by atoms with Crippen molar-refractivity contribution >= 4 is 41.9 Å². The molecule has 2 aromatic heterocycles. The van der Waals surface area contributed by atoms with E-state index in [1.165, 1.54) is 31.1 Å². The Morgan fingerprint density at radius 3 is 2.70 bits per heavy atom. The van der Waals surface area contributed by atoms with Gasteiger partial charge in [-0.3, -0.25) is 13.9 Å². The number of nitrogens with one attached hydrogen (secondary N) is 1. The Labute approximate surface area is 247 Å². The SMILES string of the molecule is CNc1ncnc2c1ncn2[C@@H]1O[C@H](CO[PH](=O)N(Oc2cccc3ccccc23)[C@@H](C)C(=O)OC(C)C)[C@@H](O)[C@@]1(C)F. The fraction of sp³-hybridized carbons (Fsp3) is 0.429. The van der Waals surface area contributed by atoms with Crippen LogP contribution >= 0.6 is 8.18 Å². The minimum atomic E-state index is -3.33. The molecule has 1 unspecified atom stereocenters. The predicted molar refractivity (Wildman–Crippen MR) is 156 cm³/mol. The molecule has 2 N–H and O–H groups in total. The van der Waals surface area contributed by atoms with E-state index >= 15 is 4.39 Å². The summed E-state index contributed by atoms with van der Waals surface area (Å²) in [5.74, 6) is 0.103. The van der Waals surface area contributed by atoms with Gasteiger partial charge in [0.2, 0.25) is 0 Å². The molecule has 0 bridgehead atoms. The number of rotatable bonds is 11. The third kappa shape index (κ3) is 6.06. The Hall–Kier alpha value is -3.68. The van der Waals surface area contributed by atoms with Gasteiger partial charge in [0.25, 0.3) is 8.18 Å². The van der Waals surface area contributed by atoms with Crippen molar-refractivity contribution in [1.82, 2.24) is 24.4 Å². The Morgan fingerprint density at radius 2 is 1.95 bits per heavy atom. The van der Waals surface area contributed by atoms with Crippen molar-refractivity contribution in [3.8, 4) is 5.75 Å². The van der Waals surface area contributed by atoms with E-state index in [1.807, 2.05) is 30.3 Å². The van der Waals surface area contributed by atoms with Gasteiger partial charge < -0.3 is 29.3 Å². The summed E-state index contributed by atoms with van der Waals surface area (Å²) in [5, 5.41) is 15.4. The highest BCUT2D eigenvalue weighted by Crippen LogP contribution is 2.44. The molecule has 15 heteroatoms. The van der Waals surface area contributed by atoms with Gasteiger partial charge >= 0.3 is 5.97 Å². The summed E-state index contributed by atoms with van der Waals surface area (Å²) < 4.78 is 47.8. The summed E-state index contributed by atoms with van der Waals surface area (Å²) >= 11 is 0. The second-order valence-corrected chi connectivity index (χ2v) is 11.8. The second-order valence-electron chi connectivity index (χ2n) is 10.6. The van der Waals surface area contributed by atoms with Crippen LogP contribution in [0.15, 0.2) is 55.1 Å². The Balaban J connectivity index is 1.36. The quantitative estimate of drug-likeness (QED) is 0.142. The van der Waals surface area contributed by atoms with E-state index in [1.54, 1.807) is 33.0 Å². The normalized spacial score (nSPS) is 23.6. The first-order chi connectivity index (χ1) is 20.5. The number of aromatic nitrogens is 4. The summed E-state index contributed by atoms with van der Waals surface area (Å²) in [6.45, 7) is 5.58. The number of aliphatic hydroxyl groups excluding tert-OH is 1. The van der Waals surface area contributed by atoms with E-state index in [4.69, 9.17) is 18.8 Å². The number of carbonyl (C=O) groups excluding carboxylic acids is 1. The third-order valence-electron chi connectivity index (χ3n) is 7.11. The monoisotopic (exact) mass is 616 g/mol. The summed E-state index contributed by atoms with van der Waals surface area (Å²) in [5.41, 5.74) is -1.61. The zero-order valence-electron chi connectivity index (χ0n) is 24.3. The van der Waals surface area contributed by atoms with Gasteiger partial charge in [-0.25, -0.2) is 19.3 Å². The van der Waals surface area contributed by atoms with Crippen molar-refractivity contribution in [1.29, 1.82) is 0 Å². The standard InChI is InChI=1S/C28H34FN6O7P/c1-16(2)40-26(37)17(3)35(42-20-12-8-10-18-9-6-7-11-19(18)20)43(38)39-13-21-23(36)28(4,29)27(41-21)34-15-33-22-24(30-5)31-14-32-25(22)34/h6-12,14-17,21,23,27,36,43H,13H2,1-5H3,(H,30,31,32)/t17-,21+,23+,27+,28+/m0/s1. The second kappa shape index (κ2) is 12.5. The number of fused-ring (bicyclic) bond motifs is 2. The number of carbonyl (C=O) groups is 1. The molecule has 1 saturated heterocycles. The molecule has 1 aliphatic heterocycles. The van der Waals surface area contributed by atoms with Crippen molar-refractivity contribution in [2.75, 3.05) is 19.0 Å².